The number of rotatable bonds is 5. The molecule has 0 saturated heterocycles. The Morgan fingerprint density at radius 1 is 1.31 bits per heavy atom. The molecule has 0 amide bonds. The van der Waals surface area contributed by atoms with Crippen LogP contribution >= 0.6 is 0 Å². The summed E-state index contributed by atoms with van der Waals surface area (Å²) in [5, 5.41) is 10.6. The van der Waals surface area contributed by atoms with Crippen LogP contribution in [0.4, 0.5) is 0 Å². The minimum atomic E-state index is -1.31. The second kappa shape index (κ2) is 5.85. The summed E-state index contributed by atoms with van der Waals surface area (Å²) in [6.07, 6.45) is 3.64. The van der Waals surface area contributed by atoms with Crippen molar-refractivity contribution >= 4 is 17.8 Å². The molecule has 16 heavy (non-hydrogen) atoms. The van der Waals surface area contributed by atoms with E-state index < -0.39 is 11.9 Å². The number of aliphatic carboxylic acids is 1. The van der Waals surface area contributed by atoms with Crippen molar-refractivity contribution in [2.45, 2.75) is 13.3 Å². The lowest BCUT2D eigenvalue weighted by Gasteiger charge is -2.11. The standard InChI is InChI=1S/C13H14O3/c1-10(14)12(13(15)16)9-5-8-11-6-3-2-4-7-11/h2-8,12H,9H2,1H3,(H,15,16)/p-1/b8-5+. The Labute approximate surface area is 94.4 Å². The van der Waals surface area contributed by atoms with Gasteiger partial charge >= 0.3 is 0 Å². The quantitative estimate of drug-likeness (QED) is 0.692. The minimum absolute atomic E-state index is 0.173. The van der Waals surface area contributed by atoms with Gasteiger partial charge in [0.2, 0.25) is 0 Å². The monoisotopic (exact) mass is 217 g/mol. The van der Waals surface area contributed by atoms with E-state index in [0.717, 1.165) is 5.56 Å². The number of allylic oxidation sites excluding steroid dienone is 1. The zero-order chi connectivity index (χ0) is 12.0. The summed E-state index contributed by atoms with van der Waals surface area (Å²) in [6.45, 7) is 1.26. The fourth-order valence-electron chi connectivity index (χ4n) is 1.33. The fourth-order valence-corrected chi connectivity index (χ4v) is 1.33. The van der Waals surface area contributed by atoms with Crippen molar-refractivity contribution in [2.75, 3.05) is 0 Å². The van der Waals surface area contributed by atoms with Gasteiger partial charge in [-0.1, -0.05) is 42.5 Å². The van der Waals surface area contributed by atoms with Gasteiger partial charge in [0.05, 0.1) is 11.9 Å². The SMILES string of the molecule is CC(=O)C(C/C=C/c1ccccc1)C(=O)[O-]. The van der Waals surface area contributed by atoms with Crippen molar-refractivity contribution in [3.63, 3.8) is 0 Å². The molecule has 0 bridgehead atoms. The van der Waals surface area contributed by atoms with Gasteiger partial charge in [0, 0.05) is 0 Å². The average Bonchev–Trinajstić information content (AvgIpc) is 2.24. The molecule has 1 atom stereocenters. The van der Waals surface area contributed by atoms with Crippen molar-refractivity contribution in [2.24, 2.45) is 5.92 Å². The van der Waals surface area contributed by atoms with Gasteiger partial charge < -0.3 is 9.90 Å². The molecular weight excluding hydrogens is 204 g/mol. The predicted molar refractivity (Wildman–Crippen MR) is 59.3 cm³/mol. The largest absolute Gasteiger partial charge is 0.549 e. The van der Waals surface area contributed by atoms with Gasteiger partial charge in [0.15, 0.2) is 0 Å². The van der Waals surface area contributed by atoms with E-state index in [1.54, 1.807) is 12.2 Å². The summed E-state index contributed by atoms with van der Waals surface area (Å²) in [6, 6.07) is 9.48. The molecule has 0 N–H and O–H groups in total. The fraction of sp³-hybridized carbons (Fsp3) is 0.231. The first-order valence-corrected chi connectivity index (χ1v) is 5.04. The van der Waals surface area contributed by atoms with Crippen LogP contribution in [0, 0.1) is 5.92 Å². The summed E-state index contributed by atoms with van der Waals surface area (Å²) >= 11 is 0. The van der Waals surface area contributed by atoms with Crippen LogP contribution in [-0.4, -0.2) is 11.8 Å². The Morgan fingerprint density at radius 3 is 2.44 bits per heavy atom. The summed E-state index contributed by atoms with van der Waals surface area (Å²) < 4.78 is 0. The molecule has 0 spiro atoms. The number of Topliss-reactive ketones (excluding diaryl/α,β-unsaturated/α-hetero) is 1. The normalized spacial score (nSPS) is 12.6. The van der Waals surface area contributed by atoms with E-state index in [-0.39, 0.29) is 12.2 Å². The van der Waals surface area contributed by atoms with Gasteiger partial charge in [0.1, 0.15) is 5.78 Å². The third kappa shape index (κ3) is 3.69. The lowest BCUT2D eigenvalue weighted by atomic mass is 10.0. The Balaban J connectivity index is 2.59. The third-order valence-corrected chi connectivity index (χ3v) is 2.26. The van der Waals surface area contributed by atoms with Crippen molar-refractivity contribution in [3.8, 4) is 0 Å². The average molecular weight is 217 g/mol. The maximum atomic E-state index is 11.0. The molecule has 1 unspecified atom stereocenters. The maximum Gasteiger partial charge on any atom is 0.138 e. The van der Waals surface area contributed by atoms with Gasteiger partial charge in [0.25, 0.3) is 0 Å². The van der Waals surface area contributed by atoms with Gasteiger partial charge in [-0.25, -0.2) is 0 Å². The molecule has 1 rings (SSSR count). The molecular formula is C13H13O3-. The third-order valence-electron chi connectivity index (χ3n) is 2.26. The molecule has 0 heterocycles. The van der Waals surface area contributed by atoms with Gasteiger partial charge in [-0.3, -0.25) is 4.79 Å². The van der Waals surface area contributed by atoms with Crippen molar-refractivity contribution in [1.29, 1.82) is 0 Å². The number of carboxylic acids is 1. The van der Waals surface area contributed by atoms with E-state index in [1.165, 1.54) is 6.92 Å². The van der Waals surface area contributed by atoms with Gasteiger partial charge in [-0.05, 0) is 18.9 Å². The first-order chi connectivity index (χ1) is 7.61. The number of hydrogen-bond donors (Lipinski definition) is 0. The van der Waals surface area contributed by atoms with Crippen molar-refractivity contribution in [1.82, 2.24) is 0 Å². The molecule has 0 radical (unpaired) electrons. The number of ketones is 1. The highest BCUT2D eigenvalue weighted by Gasteiger charge is 2.12. The smallest absolute Gasteiger partial charge is 0.138 e. The topological polar surface area (TPSA) is 57.2 Å². The maximum absolute atomic E-state index is 11.0. The molecule has 0 aliphatic carbocycles. The van der Waals surface area contributed by atoms with Crippen LogP contribution in [0.1, 0.15) is 18.9 Å². The highest BCUT2D eigenvalue weighted by Crippen LogP contribution is 2.08. The lowest BCUT2D eigenvalue weighted by Crippen LogP contribution is -2.35. The van der Waals surface area contributed by atoms with E-state index in [4.69, 9.17) is 0 Å². The zero-order valence-electron chi connectivity index (χ0n) is 9.05. The van der Waals surface area contributed by atoms with Gasteiger partial charge in [-0.15, -0.1) is 0 Å². The van der Waals surface area contributed by atoms with E-state index in [0.29, 0.717) is 0 Å². The first-order valence-electron chi connectivity index (χ1n) is 5.04. The minimum Gasteiger partial charge on any atom is -0.549 e. The number of carboxylic acid groups (broad SMARTS) is 1. The second-order valence-electron chi connectivity index (χ2n) is 3.53. The molecule has 3 heteroatoms. The lowest BCUT2D eigenvalue weighted by molar-refractivity contribution is -0.309. The van der Waals surface area contributed by atoms with Crippen LogP contribution in [0.3, 0.4) is 0 Å². The molecule has 1 aromatic rings. The van der Waals surface area contributed by atoms with Gasteiger partial charge in [-0.2, -0.15) is 0 Å². The van der Waals surface area contributed by atoms with Crippen LogP contribution in [0.25, 0.3) is 6.08 Å². The molecule has 1 aromatic carbocycles. The van der Waals surface area contributed by atoms with Crippen LogP contribution < -0.4 is 5.11 Å². The molecule has 3 nitrogen and oxygen atoms in total. The summed E-state index contributed by atoms with van der Waals surface area (Å²) in [7, 11) is 0. The molecule has 0 saturated carbocycles. The molecule has 0 aliphatic rings. The molecule has 84 valence electrons. The Morgan fingerprint density at radius 2 is 1.94 bits per heavy atom. The highest BCUT2D eigenvalue weighted by molar-refractivity contribution is 5.96. The van der Waals surface area contributed by atoms with Crippen LogP contribution in [-0.2, 0) is 9.59 Å². The predicted octanol–water partition coefficient (Wildman–Crippen LogP) is 1.04. The second-order valence-corrected chi connectivity index (χ2v) is 3.53. The van der Waals surface area contributed by atoms with E-state index >= 15 is 0 Å². The van der Waals surface area contributed by atoms with Crippen LogP contribution in [0.2, 0.25) is 0 Å². The summed E-state index contributed by atoms with van der Waals surface area (Å²) in [4.78, 5) is 21.6. The van der Waals surface area contributed by atoms with Crippen LogP contribution in [0.15, 0.2) is 36.4 Å². The number of benzene rings is 1. The van der Waals surface area contributed by atoms with Crippen LogP contribution in [0.5, 0.6) is 0 Å². The van der Waals surface area contributed by atoms with E-state index in [9.17, 15) is 14.7 Å². The number of carbonyl (C=O) groups is 2. The zero-order valence-corrected chi connectivity index (χ0v) is 9.05. The molecule has 0 fully saturated rings. The van der Waals surface area contributed by atoms with Crippen molar-refractivity contribution in [3.05, 3.63) is 42.0 Å². The Hall–Kier alpha value is -1.90. The summed E-state index contributed by atoms with van der Waals surface area (Å²) in [5.74, 6) is -2.73. The first kappa shape index (κ1) is 12.2. The Bertz CT molecular complexity index is 379. The highest BCUT2D eigenvalue weighted by atomic mass is 16.4. The number of hydrogen-bond acceptors (Lipinski definition) is 3. The van der Waals surface area contributed by atoms with E-state index in [2.05, 4.69) is 0 Å². The molecule has 0 aliphatic heterocycles. The van der Waals surface area contributed by atoms with E-state index in [1.807, 2.05) is 30.3 Å². The summed E-state index contributed by atoms with van der Waals surface area (Å²) in [5.41, 5.74) is 0.975. The van der Waals surface area contributed by atoms with Crippen molar-refractivity contribution < 1.29 is 14.7 Å². The Kier molecular flexibility index (Phi) is 4.45. The number of carbonyl (C=O) groups excluding carboxylic acids is 2. The molecule has 0 aromatic heterocycles.